The lowest BCUT2D eigenvalue weighted by Gasteiger charge is -2.37. The van der Waals surface area contributed by atoms with Crippen LogP contribution >= 0.6 is 11.8 Å². The van der Waals surface area contributed by atoms with E-state index in [-0.39, 0.29) is 30.9 Å². The lowest BCUT2D eigenvalue weighted by molar-refractivity contribution is -0.150. The van der Waals surface area contributed by atoms with Gasteiger partial charge in [-0.1, -0.05) is 69.8 Å². The largest absolute Gasteiger partial charge is 0.464 e. The highest BCUT2D eigenvalue weighted by Gasteiger charge is 2.41. The van der Waals surface area contributed by atoms with Gasteiger partial charge in [-0.15, -0.1) is 0 Å². The average Bonchev–Trinajstić information content (AvgIpc) is 2.80. The third-order valence-electron chi connectivity index (χ3n) is 5.61. The zero-order chi connectivity index (χ0) is 25.7. The molecule has 8 nitrogen and oxygen atoms in total. The number of nitrogens with one attached hydrogen (secondary N) is 2. The number of hydrogen-bond donors (Lipinski definition) is 3. The van der Waals surface area contributed by atoms with Crippen molar-refractivity contribution in [2.24, 2.45) is 5.92 Å². The topological polar surface area (TPSA) is 114 Å². The van der Waals surface area contributed by atoms with Crippen molar-refractivity contribution >= 4 is 28.8 Å². The van der Waals surface area contributed by atoms with Gasteiger partial charge in [-0.25, -0.2) is 4.79 Å². The molecule has 0 aliphatic carbocycles. The molecule has 0 heterocycles. The summed E-state index contributed by atoms with van der Waals surface area (Å²) in [5, 5.41) is 16.2. The van der Waals surface area contributed by atoms with Crippen LogP contribution in [0.3, 0.4) is 0 Å². The normalized spacial score (nSPS) is 14.4. The number of esters is 1. The summed E-state index contributed by atoms with van der Waals surface area (Å²) in [5.74, 6) is -1.03. The minimum absolute atomic E-state index is 0.00968. The van der Waals surface area contributed by atoms with Gasteiger partial charge in [0.05, 0.1) is 30.6 Å². The molecule has 0 aromatic heterocycles. The highest BCUT2D eigenvalue weighted by atomic mass is 32.2. The van der Waals surface area contributed by atoms with E-state index in [1.165, 1.54) is 6.92 Å². The molecule has 1 aromatic rings. The van der Waals surface area contributed by atoms with Crippen molar-refractivity contribution in [2.45, 2.75) is 84.0 Å². The Morgan fingerprint density at radius 3 is 2.21 bits per heavy atom. The van der Waals surface area contributed by atoms with Gasteiger partial charge in [-0.2, -0.15) is 0 Å². The van der Waals surface area contributed by atoms with Crippen LogP contribution in [0.5, 0.6) is 0 Å². The molecular weight excluding hydrogens is 456 g/mol. The molecule has 1 aromatic carbocycles. The second-order valence-electron chi connectivity index (χ2n) is 8.48. The second kappa shape index (κ2) is 15.1. The van der Waals surface area contributed by atoms with E-state index in [9.17, 15) is 19.5 Å². The van der Waals surface area contributed by atoms with Gasteiger partial charge in [0.25, 0.3) is 0 Å². The molecular formula is C25H40N2O6S. The van der Waals surface area contributed by atoms with Gasteiger partial charge < -0.3 is 19.9 Å². The Labute approximate surface area is 207 Å². The Bertz CT molecular complexity index is 770. The van der Waals surface area contributed by atoms with Crippen molar-refractivity contribution in [3.05, 3.63) is 35.9 Å². The number of benzene rings is 1. The molecule has 0 aliphatic rings. The lowest BCUT2D eigenvalue weighted by Crippen LogP contribution is -2.64. The summed E-state index contributed by atoms with van der Waals surface area (Å²) in [7, 11) is 0. The summed E-state index contributed by atoms with van der Waals surface area (Å²) in [6.45, 7) is 11.0. The molecule has 0 saturated carbocycles. The molecule has 3 atom stereocenters. The maximum absolute atomic E-state index is 13.4. The van der Waals surface area contributed by atoms with Crippen LogP contribution in [-0.4, -0.2) is 58.4 Å². The number of thioether (sulfide) groups is 1. The number of rotatable bonds is 15. The van der Waals surface area contributed by atoms with E-state index in [1.54, 1.807) is 6.92 Å². The summed E-state index contributed by atoms with van der Waals surface area (Å²) < 4.78 is 10.8. The number of hydrogen-bond acceptors (Lipinski definition) is 8. The molecule has 0 bridgehead atoms. The Morgan fingerprint density at radius 1 is 1.09 bits per heavy atom. The first-order valence-corrected chi connectivity index (χ1v) is 12.7. The second-order valence-corrected chi connectivity index (χ2v) is 9.83. The van der Waals surface area contributed by atoms with Crippen LogP contribution in [-0.2, 0) is 30.5 Å². The first-order chi connectivity index (χ1) is 16.1. The van der Waals surface area contributed by atoms with E-state index in [4.69, 9.17) is 9.47 Å². The van der Waals surface area contributed by atoms with E-state index < -0.39 is 34.9 Å². The van der Waals surface area contributed by atoms with Crippen LogP contribution in [0.1, 0.15) is 59.9 Å². The maximum atomic E-state index is 13.4. The van der Waals surface area contributed by atoms with E-state index >= 15 is 0 Å². The molecule has 0 aliphatic heterocycles. The van der Waals surface area contributed by atoms with Gasteiger partial charge >= 0.3 is 5.97 Å². The molecule has 3 N–H and O–H groups in total. The van der Waals surface area contributed by atoms with Gasteiger partial charge in [0, 0.05) is 6.92 Å². The fourth-order valence-electron chi connectivity index (χ4n) is 3.54. The van der Waals surface area contributed by atoms with Crippen molar-refractivity contribution in [1.29, 1.82) is 0 Å². The fourth-order valence-corrected chi connectivity index (χ4v) is 4.39. The Morgan fingerprint density at radius 2 is 1.71 bits per heavy atom. The number of aliphatic hydroxyl groups is 1. The predicted molar refractivity (Wildman–Crippen MR) is 134 cm³/mol. The van der Waals surface area contributed by atoms with Gasteiger partial charge in [-0.3, -0.25) is 14.9 Å². The van der Waals surface area contributed by atoms with E-state index in [0.717, 1.165) is 17.3 Å². The van der Waals surface area contributed by atoms with E-state index in [0.29, 0.717) is 12.8 Å². The van der Waals surface area contributed by atoms with Crippen molar-refractivity contribution in [3.8, 4) is 0 Å². The highest BCUT2D eigenvalue weighted by molar-refractivity contribution is 8.14. The van der Waals surface area contributed by atoms with Crippen molar-refractivity contribution in [1.82, 2.24) is 10.6 Å². The number of ether oxygens (including phenoxy) is 2. The molecule has 9 heteroatoms. The Balaban J connectivity index is 2.98. The van der Waals surface area contributed by atoms with Crippen LogP contribution in [0.4, 0.5) is 0 Å². The standard InChI is InChI=1S/C25H40N2O6S/c1-7-25(8-2,27-22(29)21(17(4)5)34-18(6)28)24(31)26-20(23(30)33-9-3)16-32-15-19-13-11-10-12-14-19/h10-14,17,20-22,27,29H,7-9,15-16H2,1-6H3,(H,26,31)/t20-,21-,22?/m0/s1. The fraction of sp³-hybridized carbons (Fsp3) is 0.640. The maximum Gasteiger partial charge on any atom is 0.331 e. The SMILES string of the molecule is CCOC(=O)[C@H](COCc1ccccc1)NC(=O)C(CC)(CC)NC(O)[C@@H](SC(C)=O)C(C)C. The monoisotopic (exact) mass is 496 g/mol. The van der Waals surface area contributed by atoms with Crippen molar-refractivity contribution in [2.75, 3.05) is 13.2 Å². The van der Waals surface area contributed by atoms with Gasteiger partial charge in [0.15, 0.2) is 11.2 Å². The van der Waals surface area contributed by atoms with Gasteiger partial charge in [-0.05, 0) is 31.2 Å². The summed E-state index contributed by atoms with van der Waals surface area (Å²) in [6, 6.07) is 8.51. The van der Waals surface area contributed by atoms with Crippen LogP contribution in [0.25, 0.3) is 0 Å². The quantitative estimate of drug-likeness (QED) is 0.251. The van der Waals surface area contributed by atoms with Crippen LogP contribution in [0, 0.1) is 5.92 Å². The molecule has 34 heavy (non-hydrogen) atoms. The van der Waals surface area contributed by atoms with Crippen LogP contribution in [0.2, 0.25) is 0 Å². The third kappa shape index (κ3) is 9.37. The van der Waals surface area contributed by atoms with E-state index in [2.05, 4.69) is 10.6 Å². The zero-order valence-electron chi connectivity index (χ0n) is 21.1. The van der Waals surface area contributed by atoms with E-state index in [1.807, 2.05) is 58.0 Å². The minimum atomic E-state index is -1.14. The molecule has 1 amide bonds. The smallest absolute Gasteiger partial charge is 0.331 e. The molecule has 0 fully saturated rings. The molecule has 0 radical (unpaired) electrons. The molecule has 192 valence electrons. The first kappa shape index (κ1) is 30.1. The summed E-state index contributed by atoms with van der Waals surface area (Å²) in [4.78, 5) is 37.6. The van der Waals surface area contributed by atoms with Gasteiger partial charge in [0.1, 0.15) is 6.23 Å². The summed E-state index contributed by atoms with van der Waals surface area (Å²) in [5.41, 5.74) is -0.200. The highest BCUT2D eigenvalue weighted by Crippen LogP contribution is 2.26. The number of carbonyl (C=O) groups excluding carboxylic acids is 3. The van der Waals surface area contributed by atoms with Crippen molar-refractivity contribution in [3.63, 3.8) is 0 Å². The van der Waals surface area contributed by atoms with Gasteiger partial charge in [0.2, 0.25) is 5.91 Å². The number of carbonyl (C=O) groups is 3. The molecule has 1 rings (SSSR count). The first-order valence-electron chi connectivity index (χ1n) is 11.8. The van der Waals surface area contributed by atoms with Crippen LogP contribution < -0.4 is 10.6 Å². The number of amides is 1. The lowest BCUT2D eigenvalue weighted by atomic mass is 9.90. The Hall–Kier alpha value is -1.94. The molecule has 0 saturated heterocycles. The summed E-state index contributed by atoms with van der Waals surface area (Å²) >= 11 is 1.05. The summed E-state index contributed by atoms with van der Waals surface area (Å²) in [6.07, 6.45) is -0.375. The van der Waals surface area contributed by atoms with Crippen LogP contribution in [0.15, 0.2) is 30.3 Å². The van der Waals surface area contributed by atoms with Crippen molar-refractivity contribution < 1.29 is 29.0 Å². The average molecular weight is 497 g/mol. The third-order valence-corrected chi connectivity index (χ3v) is 7.01. The minimum Gasteiger partial charge on any atom is -0.464 e. The zero-order valence-corrected chi connectivity index (χ0v) is 21.9. The molecule has 1 unspecified atom stereocenters. The predicted octanol–water partition coefficient (Wildman–Crippen LogP) is 3.02. The molecule has 0 spiro atoms. The Kier molecular flexibility index (Phi) is 13.4. The number of aliphatic hydroxyl groups excluding tert-OH is 1.